The average Bonchev–Trinajstić information content (AvgIpc) is 3.27. The number of piperazine rings is 1. The van der Waals surface area contributed by atoms with Crippen LogP contribution < -0.4 is 10.6 Å². The average molecular weight is 392 g/mol. The zero-order valence-electron chi connectivity index (χ0n) is 15.1. The van der Waals surface area contributed by atoms with Gasteiger partial charge < -0.3 is 25.1 Å². The van der Waals surface area contributed by atoms with Crippen molar-refractivity contribution in [2.75, 3.05) is 13.1 Å². The molecule has 1 atom stereocenters. The number of pyridine rings is 1. The van der Waals surface area contributed by atoms with Gasteiger partial charge in [0.15, 0.2) is 5.54 Å². The van der Waals surface area contributed by atoms with E-state index in [-0.39, 0.29) is 43.0 Å². The molecule has 1 fully saturated rings. The van der Waals surface area contributed by atoms with Crippen molar-refractivity contribution in [1.29, 1.82) is 0 Å². The summed E-state index contributed by atoms with van der Waals surface area (Å²) in [6, 6.07) is 7.88. The summed E-state index contributed by atoms with van der Waals surface area (Å²) < 4.78 is 5.88. The van der Waals surface area contributed by atoms with Crippen LogP contribution in [0.3, 0.4) is 0 Å². The van der Waals surface area contributed by atoms with Gasteiger partial charge in [-0.05, 0) is 29.8 Å². The summed E-state index contributed by atoms with van der Waals surface area (Å²) in [6.45, 7) is -0.0162. The maximum Gasteiger partial charge on any atom is 0.256 e. The number of hydrogen-bond acceptors (Lipinski definition) is 6. The van der Waals surface area contributed by atoms with Gasteiger partial charge in [-0.15, -0.1) is 0 Å². The SMILES string of the molecule is O=C1CNC(=O)C(CN2Cc3ccc(O)cc3C2=O)(c2cc3cnccc3o2)N1. The van der Waals surface area contributed by atoms with Crippen molar-refractivity contribution in [3.8, 4) is 5.75 Å². The van der Waals surface area contributed by atoms with Crippen LogP contribution >= 0.6 is 0 Å². The molecule has 1 aromatic carbocycles. The second-order valence-electron chi connectivity index (χ2n) is 7.16. The fourth-order valence-corrected chi connectivity index (χ4v) is 3.87. The Kier molecular flexibility index (Phi) is 3.60. The minimum Gasteiger partial charge on any atom is -0.508 e. The Morgan fingerprint density at radius 3 is 2.90 bits per heavy atom. The molecule has 29 heavy (non-hydrogen) atoms. The lowest BCUT2D eigenvalue weighted by Gasteiger charge is -2.37. The van der Waals surface area contributed by atoms with Crippen molar-refractivity contribution in [1.82, 2.24) is 20.5 Å². The first-order valence-electron chi connectivity index (χ1n) is 9.01. The minimum atomic E-state index is -1.58. The highest BCUT2D eigenvalue weighted by Gasteiger charge is 2.50. The Bertz CT molecular complexity index is 1150. The van der Waals surface area contributed by atoms with Crippen molar-refractivity contribution in [3.05, 3.63) is 59.6 Å². The highest BCUT2D eigenvalue weighted by Crippen LogP contribution is 2.34. The van der Waals surface area contributed by atoms with Crippen LogP contribution in [-0.2, 0) is 21.7 Å². The number of nitrogens with one attached hydrogen (secondary N) is 2. The zero-order valence-corrected chi connectivity index (χ0v) is 15.1. The summed E-state index contributed by atoms with van der Waals surface area (Å²) in [5, 5.41) is 15.7. The molecule has 0 spiro atoms. The lowest BCUT2D eigenvalue weighted by Crippen LogP contribution is -2.67. The first-order valence-corrected chi connectivity index (χ1v) is 9.01. The zero-order chi connectivity index (χ0) is 20.2. The maximum atomic E-state index is 13.0. The van der Waals surface area contributed by atoms with Gasteiger partial charge in [-0.2, -0.15) is 0 Å². The van der Waals surface area contributed by atoms with Crippen molar-refractivity contribution >= 4 is 28.7 Å². The molecule has 9 heteroatoms. The third kappa shape index (κ3) is 2.62. The summed E-state index contributed by atoms with van der Waals surface area (Å²) in [4.78, 5) is 43.6. The Labute approximate surface area is 164 Å². The van der Waals surface area contributed by atoms with Crippen LogP contribution in [0, 0.1) is 0 Å². The molecule has 2 aliphatic rings. The standard InChI is InChI=1S/C20H16N4O5/c25-13-2-1-11-9-24(18(27)14(11)6-13)10-20(19(28)22-8-17(26)23-20)16-5-12-7-21-4-3-15(12)29-16/h1-7,25H,8-10H2,(H,22,28)(H,23,26). The summed E-state index contributed by atoms with van der Waals surface area (Å²) in [5.41, 5.74) is 0.0486. The number of furan rings is 1. The van der Waals surface area contributed by atoms with E-state index in [4.69, 9.17) is 4.42 Å². The number of fused-ring (bicyclic) bond motifs is 2. The molecule has 5 rings (SSSR count). The van der Waals surface area contributed by atoms with E-state index in [1.165, 1.54) is 17.0 Å². The molecule has 3 amide bonds. The Hall–Kier alpha value is -3.88. The second kappa shape index (κ2) is 6.06. The Morgan fingerprint density at radius 1 is 1.21 bits per heavy atom. The number of amides is 3. The molecule has 3 aromatic rings. The lowest BCUT2D eigenvalue weighted by atomic mass is 9.91. The quantitative estimate of drug-likeness (QED) is 0.601. The van der Waals surface area contributed by atoms with Crippen LogP contribution in [0.25, 0.3) is 11.0 Å². The van der Waals surface area contributed by atoms with E-state index in [0.717, 1.165) is 5.56 Å². The fraction of sp³-hybridized carbons (Fsp3) is 0.200. The predicted octanol–water partition coefficient (Wildman–Crippen LogP) is 0.631. The fourth-order valence-electron chi connectivity index (χ4n) is 3.87. The van der Waals surface area contributed by atoms with E-state index in [0.29, 0.717) is 16.5 Å². The van der Waals surface area contributed by atoms with Gasteiger partial charge in [-0.1, -0.05) is 6.07 Å². The van der Waals surface area contributed by atoms with Crippen LogP contribution in [0.5, 0.6) is 5.75 Å². The van der Waals surface area contributed by atoms with Crippen molar-refractivity contribution in [2.45, 2.75) is 12.1 Å². The summed E-state index contributed by atoms with van der Waals surface area (Å²) in [7, 11) is 0. The third-order valence-corrected chi connectivity index (χ3v) is 5.29. The molecular weight excluding hydrogens is 376 g/mol. The summed E-state index contributed by atoms with van der Waals surface area (Å²) in [6.07, 6.45) is 3.16. The highest BCUT2D eigenvalue weighted by molar-refractivity contribution is 6.02. The third-order valence-electron chi connectivity index (χ3n) is 5.29. The molecule has 1 unspecified atom stereocenters. The second-order valence-corrected chi connectivity index (χ2v) is 7.16. The number of nitrogens with zero attached hydrogens (tertiary/aromatic N) is 2. The number of hydrogen-bond donors (Lipinski definition) is 3. The van der Waals surface area contributed by atoms with Crippen molar-refractivity contribution in [2.24, 2.45) is 0 Å². The first kappa shape index (κ1) is 17.2. The van der Waals surface area contributed by atoms with E-state index < -0.39 is 11.4 Å². The molecule has 1 saturated heterocycles. The van der Waals surface area contributed by atoms with Gasteiger partial charge in [-0.3, -0.25) is 19.4 Å². The van der Waals surface area contributed by atoms with Gasteiger partial charge in [-0.25, -0.2) is 0 Å². The number of benzene rings is 1. The van der Waals surface area contributed by atoms with E-state index in [9.17, 15) is 19.5 Å². The van der Waals surface area contributed by atoms with Crippen molar-refractivity contribution < 1.29 is 23.9 Å². The molecule has 4 heterocycles. The summed E-state index contributed by atoms with van der Waals surface area (Å²) in [5.74, 6) is -0.971. The van der Waals surface area contributed by atoms with Gasteiger partial charge >= 0.3 is 0 Å². The normalized spacial score (nSPS) is 21.2. The van der Waals surface area contributed by atoms with Gasteiger partial charge in [0.2, 0.25) is 5.91 Å². The molecule has 0 saturated carbocycles. The van der Waals surface area contributed by atoms with E-state index in [2.05, 4.69) is 15.6 Å². The molecule has 0 bridgehead atoms. The topological polar surface area (TPSA) is 125 Å². The molecular formula is C20H16N4O5. The van der Waals surface area contributed by atoms with E-state index >= 15 is 0 Å². The number of aromatic hydroxyl groups is 1. The summed E-state index contributed by atoms with van der Waals surface area (Å²) >= 11 is 0. The number of carbonyl (C=O) groups is 3. The van der Waals surface area contributed by atoms with Crippen LogP contribution in [0.4, 0.5) is 0 Å². The lowest BCUT2D eigenvalue weighted by molar-refractivity contribution is -0.140. The van der Waals surface area contributed by atoms with E-state index in [1.807, 2.05) is 0 Å². The van der Waals surface area contributed by atoms with Crippen LogP contribution in [0.1, 0.15) is 21.7 Å². The van der Waals surface area contributed by atoms with Gasteiger partial charge in [0, 0.05) is 29.9 Å². The number of rotatable bonds is 3. The van der Waals surface area contributed by atoms with E-state index in [1.54, 1.807) is 30.6 Å². The van der Waals surface area contributed by atoms with Crippen LogP contribution in [0.15, 0.2) is 47.1 Å². The number of phenols is 1. The van der Waals surface area contributed by atoms with Crippen LogP contribution in [-0.4, -0.2) is 45.8 Å². The van der Waals surface area contributed by atoms with Gasteiger partial charge in [0.1, 0.15) is 17.1 Å². The van der Waals surface area contributed by atoms with Gasteiger partial charge in [0.05, 0.1) is 13.1 Å². The number of aromatic nitrogens is 1. The molecule has 2 aliphatic heterocycles. The Balaban J connectivity index is 1.58. The maximum absolute atomic E-state index is 13.0. The molecule has 146 valence electrons. The molecule has 9 nitrogen and oxygen atoms in total. The highest BCUT2D eigenvalue weighted by atomic mass is 16.3. The number of carbonyl (C=O) groups excluding carboxylic acids is 3. The Morgan fingerprint density at radius 2 is 2.07 bits per heavy atom. The first-order chi connectivity index (χ1) is 14.0. The smallest absolute Gasteiger partial charge is 0.256 e. The van der Waals surface area contributed by atoms with Crippen molar-refractivity contribution in [3.63, 3.8) is 0 Å². The largest absolute Gasteiger partial charge is 0.508 e. The molecule has 0 aliphatic carbocycles. The molecule has 0 radical (unpaired) electrons. The van der Waals surface area contributed by atoms with Crippen LogP contribution in [0.2, 0.25) is 0 Å². The molecule has 3 N–H and O–H groups in total. The monoisotopic (exact) mass is 392 g/mol. The predicted molar refractivity (Wildman–Crippen MR) is 99.7 cm³/mol. The van der Waals surface area contributed by atoms with Gasteiger partial charge in [0.25, 0.3) is 11.8 Å². The number of phenolic OH excluding ortho intramolecular Hbond substituents is 1. The minimum absolute atomic E-state index is 0.0119. The molecule has 2 aromatic heterocycles.